The lowest BCUT2D eigenvalue weighted by Gasteiger charge is -2.12. The van der Waals surface area contributed by atoms with Gasteiger partial charge in [-0.1, -0.05) is 5.92 Å². The molecule has 1 unspecified atom stereocenters. The van der Waals surface area contributed by atoms with Gasteiger partial charge in [0.25, 0.3) is 0 Å². The van der Waals surface area contributed by atoms with Crippen molar-refractivity contribution in [1.29, 1.82) is 0 Å². The van der Waals surface area contributed by atoms with Crippen molar-refractivity contribution in [2.45, 2.75) is 19.4 Å². The van der Waals surface area contributed by atoms with Gasteiger partial charge in [0.1, 0.15) is 0 Å². The number of terminal acetylenes is 1. The smallest absolute Gasteiger partial charge is 0.217 e. The minimum atomic E-state index is 0.0440. The van der Waals surface area contributed by atoms with Gasteiger partial charge >= 0.3 is 0 Å². The number of nitrogens with one attached hydrogen (secondary N) is 1. The van der Waals surface area contributed by atoms with Crippen molar-refractivity contribution in [3.05, 3.63) is 0 Å². The normalized spacial score (nSPS) is 23.5. The summed E-state index contributed by atoms with van der Waals surface area (Å²) < 4.78 is 0. The number of amides is 1. The van der Waals surface area contributed by atoms with Crippen LogP contribution in [0.1, 0.15) is 13.3 Å². The fourth-order valence-electron chi connectivity index (χ4n) is 1.51. The van der Waals surface area contributed by atoms with Crippen LogP contribution in [0.2, 0.25) is 0 Å². The fraction of sp³-hybridized carbons (Fsp3) is 0.667. The van der Waals surface area contributed by atoms with Crippen LogP contribution in [0.5, 0.6) is 0 Å². The second-order valence-corrected chi connectivity index (χ2v) is 3.13. The van der Waals surface area contributed by atoms with Gasteiger partial charge in [-0.2, -0.15) is 0 Å². The lowest BCUT2D eigenvalue weighted by atomic mass is 10.3. The van der Waals surface area contributed by atoms with E-state index in [1.54, 1.807) is 6.92 Å². The first kappa shape index (κ1) is 9.08. The number of hydrogen-bond donors (Lipinski definition) is 1. The summed E-state index contributed by atoms with van der Waals surface area (Å²) in [6.45, 7) is 4.12. The summed E-state index contributed by atoms with van der Waals surface area (Å²) >= 11 is 0. The van der Waals surface area contributed by atoms with Crippen molar-refractivity contribution >= 4 is 5.91 Å². The quantitative estimate of drug-likeness (QED) is 0.578. The van der Waals surface area contributed by atoms with Crippen LogP contribution in [0.15, 0.2) is 0 Å². The van der Waals surface area contributed by atoms with Crippen LogP contribution in [-0.4, -0.2) is 36.5 Å². The Hall–Kier alpha value is -1.01. The molecule has 0 aromatic carbocycles. The molecular weight excluding hydrogens is 152 g/mol. The van der Waals surface area contributed by atoms with Gasteiger partial charge in [0.05, 0.1) is 6.54 Å². The molecule has 3 heteroatoms. The molecule has 1 N–H and O–H groups in total. The Bertz CT molecular complexity index is 207. The average molecular weight is 166 g/mol. The molecule has 0 aromatic heterocycles. The van der Waals surface area contributed by atoms with E-state index in [-0.39, 0.29) is 5.91 Å². The van der Waals surface area contributed by atoms with Crippen LogP contribution in [0, 0.1) is 12.3 Å². The van der Waals surface area contributed by atoms with Crippen molar-refractivity contribution in [2.24, 2.45) is 0 Å². The number of carbonyl (C=O) groups excluding carboxylic acids is 1. The Balaban J connectivity index is 2.26. The van der Waals surface area contributed by atoms with E-state index in [0.29, 0.717) is 12.6 Å². The molecule has 12 heavy (non-hydrogen) atoms. The third kappa shape index (κ3) is 2.55. The molecule has 0 saturated carbocycles. The second kappa shape index (κ2) is 4.13. The Morgan fingerprint density at radius 3 is 3.17 bits per heavy atom. The van der Waals surface area contributed by atoms with Gasteiger partial charge in [0, 0.05) is 26.1 Å². The van der Waals surface area contributed by atoms with Crippen LogP contribution in [0.4, 0.5) is 0 Å². The molecule has 0 bridgehead atoms. The van der Waals surface area contributed by atoms with Crippen molar-refractivity contribution in [1.82, 2.24) is 10.2 Å². The molecule has 1 atom stereocenters. The number of nitrogens with zero attached hydrogens (tertiary/aromatic N) is 1. The molecule has 0 aliphatic carbocycles. The Morgan fingerprint density at radius 1 is 1.83 bits per heavy atom. The molecule has 0 radical (unpaired) electrons. The summed E-state index contributed by atoms with van der Waals surface area (Å²) in [4.78, 5) is 12.9. The largest absolute Gasteiger partial charge is 0.352 e. The molecule has 1 heterocycles. The van der Waals surface area contributed by atoms with E-state index in [2.05, 4.69) is 16.1 Å². The van der Waals surface area contributed by atoms with E-state index < -0.39 is 0 Å². The molecule has 1 saturated heterocycles. The highest BCUT2D eigenvalue weighted by atomic mass is 16.1. The molecule has 66 valence electrons. The summed E-state index contributed by atoms with van der Waals surface area (Å²) in [5.41, 5.74) is 0. The topological polar surface area (TPSA) is 32.3 Å². The molecule has 1 amide bonds. The third-order valence-electron chi connectivity index (χ3n) is 1.99. The Labute approximate surface area is 73.1 Å². The zero-order valence-corrected chi connectivity index (χ0v) is 7.34. The molecule has 0 aromatic rings. The zero-order chi connectivity index (χ0) is 8.97. The highest BCUT2D eigenvalue weighted by Gasteiger charge is 2.21. The SMILES string of the molecule is C#CCN1CCC(NC(C)=O)C1. The maximum absolute atomic E-state index is 10.7. The highest BCUT2D eigenvalue weighted by Crippen LogP contribution is 2.07. The van der Waals surface area contributed by atoms with E-state index in [0.717, 1.165) is 19.5 Å². The second-order valence-electron chi connectivity index (χ2n) is 3.13. The van der Waals surface area contributed by atoms with E-state index in [9.17, 15) is 4.79 Å². The van der Waals surface area contributed by atoms with Crippen molar-refractivity contribution in [3.63, 3.8) is 0 Å². The first-order chi connectivity index (χ1) is 5.72. The van der Waals surface area contributed by atoms with Gasteiger partial charge < -0.3 is 5.32 Å². The van der Waals surface area contributed by atoms with Crippen molar-refractivity contribution < 1.29 is 4.79 Å². The molecule has 1 aliphatic heterocycles. The lowest BCUT2D eigenvalue weighted by Crippen LogP contribution is -2.35. The Morgan fingerprint density at radius 2 is 2.58 bits per heavy atom. The van der Waals surface area contributed by atoms with Crippen molar-refractivity contribution in [3.8, 4) is 12.3 Å². The minimum absolute atomic E-state index is 0.0440. The third-order valence-corrected chi connectivity index (χ3v) is 1.99. The fourth-order valence-corrected chi connectivity index (χ4v) is 1.51. The van der Waals surface area contributed by atoms with E-state index in [1.807, 2.05) is 0 Å². The van der Waals surface area contributed by atoms with Crippen molar-refractivity contribution in [2.75, 3.05) is 19.6 Å². The van der Waals surface area contributed by atoms with E-state index >= 15 is 0 Å². The van der Waals surface area contributed by atoms with Gasteiger partial charge in [-0.15, -0.1) is 6.42 Å². The van der Waals surface area contributed by atoms with Gasteiger partial charge in [-0.3, -0.25) is 9.69 Å². The highest BCUT2D eigenvalue weighted by molar-refractivity contribution is 5.73. The minimum Gasteiger partial charge on any atom is -0.352 e. The van der Waals surface area contributed by atoms with Gasteiger partial charge in [0.2, 0.25) is 5.91 Å². The lowest BCUT2D eigenvalue weighted by molar-refractivity contribution is -0.119. The molecule has 1 rings (SSSR count). The molecular formula is C9H14N2O. The average Bonchev–Trinajstić information content (AvgIpc) is 2.36. The first-order valence-corrected chi connectivity index (χ1v) is 4.15. The van der Waals surface area contributed by atoms with Crippen LogP contribution < -0.4 is 5.32 Å². The Kier molecular flexibility index (Phi) is 3.12. The number of carbonyl (C=O) groups is 1. The van der Waals surface area contributed by atoms with Crippen LogP contribution in [0.3, 0.4) is 0 Å². The summed E-state index contributed by atoms with van der Waals surface area (Å²) in [7, 11) is 0. The number of hydrogen-bond acceptors (Lipinski definition) is 2. The first-order valence-electron chi connectivity index (χ1n) is 4.15. The molecule has 3 nitrogen and oxygen atoms in total. The van der Waals surface area contributed by atoms with Gasteiger partial charge in [-0.05, 0) is 6.42 Å². The van der Waals surface area contributed by atoms with Gasteiger partial charge in [0.15, 0.2) is 0 Å². The van der Waals surface area contributed by atoms with Crippen LogP contribution >= 0.6 is 0 Å². The number of likely N-dealkylation sites (tertiary alicyclic amines) is 1. The summed E-state index contributed by atoms with van der Waals surface area (Å²) in [5.74, 6) is 2.64. The van der Waals surface area contributed by atoms with Crippen LogP contribution in [0.25, 0.3) is 0 Å². The van der Waals surface area contributed by atoms with Crippen LogP contribution in [-0.2, 0) is 4.79 Å². The maximum atomic E-state index is 10.7. The summed E-state index contributed by atoms with van der Waals surface area (Å²) in [5, 5.41) is 2.88. The maximum Gasteiger partial charge on any atom is 0.217 e. The monoisotopic (exact) mass is 166 g/mol. The van der Waals surface area contributed by atoms with Gasteiger partial charge in [-0.25, -0.2) is 0 Å². The predicted octanol–water partition coefficient (Wildman–Crippen LogP) is -0.170. The standard InChI is InChI=1S/C9H14N2O/c1-3-5-11-6-4-9(7-11)10-8(2)12/h1,9H,4-7H2,2H3,(H,10,12). The predicted molar refractivity (Wildman–Crippen MR) is 47.5 cm³/mol. The summed E-state index contributed by atoms with van der Waals surface area (Å²) in [6, 6.07) is 0.302. The van der Waals surface area contributed by atoms with E-state index in [1.165, 1.54) is 0 Å². The molecule has 1 fully saturated rings. The number of rotatable bonds is 2. The summed E-state index contributed by atoms with van der Waals surface area (Å²) in [6.07, 6.45) is 6.19. The zero-order valence-electron chi connectivity index (χ0n) is 7.34. The van der Waals surface area contributed by atoms with E-state index in [4.69, 9.17) is 6.42 Å². The molecule has 0 spiro atoms. The molecule has 1 aliphatic rings.